The van der Waals surface area contributed by atoms with Gasteiger partial charge < -0.3 is 14.8 Å². The third-order valence-corrected chi connectivity index (χ3v) is 3.88. The maximum absolute atomic E-state index is 12.0. The lowest BCUT2D eigenvalue weighted by Gasteiger charge is -2.11. The Morgan fingerprint density at radius 3 is 2.12 bits per heavy atom. The number of anilines is 1. The van der Waals surface area contributed by atoms with Crippen molar-refractivity contribution in [1.29, 1.82) is 0 Å². The van der Waals surface area contributed by atoms with Crippen LogP contribution in [-0.4, -0.2) is 19.1 Å². The molecule has 24 heavy (non-hydrogen) atoms. The summed E-state index contributed by atoms with van der Waals surface area (Å²) >= 11 is 0. The maximum Gasteiger partial charge on any atom is 0.262 e. The second kappa shape index (κ2) is 8.96. The van der Waals surface area contributed by atoms with Crippen LogP contribution in [0.2, 0.25) is 0 Å². The van der Waals surface area contributed by atoms with Gasteiger partial charge in [0.1, 0.15) is 11.5 Å². The first-order chi connectivity index (χ1) is 11.6. The van der Waals surface area contributed by atoms with Gasteiger partial charge in [-0.25, -0.2) is 0 Å². The number of carbonyl (C=O) groups excluding carboxylic acids is 1. The molecule has 0 unspecified atom stereocenters. The van der Waals surface area contributed by atoms with Crippen LogP contribution in [0.4, 0.5) is 5.69 Å². The lowest BCUT2D eigenvalue weighted by atomic mass is 9.99. The second-order valence-corrected chi connectivity index (χ2v) is 5.67. The van der Waals surface area contributed by atoms with E-state index in [2.05, 4.69) is 19.2 Å². The number of hydrogen-bond donors (Lipinski definition) is 1. The van der Waals surface area contributed by atoms with Crippen molar-refractivity contribution in [2.45, 2.75) is 33.1 Å². The number of hydrogen-bond acceptors (Lipinski definition) is 3. The quantitative estimate of drug-likeness (QED) is 0.770. The summed E-state index contributed by atoms with van der Waals surface area (Å²) in [5.74, 6) is 1.82. The molecule has 128 valence electrons. The summed E-state index contributed by atoms with van der Waals surface area (Å²) in [5, 5.41) is 2.80. The Bertz CT molecular complexity index is 635. The monoisotopic (exact) mass is 327 g/mol. The number of carbonyl (C=O) groups is 1. The molecule has 0 spiro atoms. The first kappa shape index (κ1) is 17.9. The Morgan fingerprint density at radius 2 is 1.54 bits per heavy atom. The highest BCUT2D eigenvalue weighted by Gasteiger charge is 2.06. The minimum absolute atomic E-state index is 0.0180. The lowest BCUT2D eigenvalue weighted by molar-refractivity contribution is -0.118. The maximum atomic E-state index is 12.0. The van der Waals surface area contributed by atoms with Crippen molar-refractivity contribution >= 4 is 11.6 Å². The number of ether oxygens (including phenoxy) is 2. The van der Waals surface area contributed by atoms with Crippen molar-refractivity contribution < 1.29 is 14.3 Å². The minimum atomic E-state index is -0.190. The molecule has 0 fully saturated rings. The van der Waals surface area contributed by atoms with E-state index >= 15 is 0 Å². The van der Waals surface area contributed by atoms with Gasteiger partial charge in [0, 0.05) is 5.69 Å². The van der Waals surface area contributed by atoms with E-state index in [4.69, 9.17) is 9.47 Å². The predicted molar refractivity (Wildman–Crippen MR) is 96.9 cm³/mol. The van der Waals surface area contributed by atoms with Gasteiger partial charge in [-0.05, 0) is 61.2 Å². The predicted octanol–water partition coefficient (Wildman–Crippen LogP) is 4.62. The zero-order chi connectivity index (χ0) is 17.4. The smallest absolute Gasteiger partial charge is 0.262 e. The topological polar surface area (TPSA) is 47.6 Å². The van der Waals surface area contributed by atoms with Gasteiger partial charge >= 0.3 is 0 Å². The van der Waals surface area contributed by atoms with Gasteiger partial charge in [-0.3, -0.25) is 4.79 Å². The highest BCUT2D eigenvalue weighted by molar-refractivity contribution is 5.91. The molecule has 1 atom stereocenters. The normalized spacial score (nSPS) is 11.6. The van der Waals surface area contributed by atoms with Crippen molar-refractivity contribution in [2.24, 2.45) is 0 Å². The summed E-state index contributed by atoms with van der Waals surface area (Å²) < 4.78 is 10.9. The van der Waals surface area contributed by atoms with Crippen molar-refractivity contribution in [3.05, 3.63) is 54.1 Å². The van der Waals surface area contributed by atoms with Crippen LogP contribution in [0.3, 0.4) is 0 Å². The van der Waals surface area contributed by atoms with E-state index in [-0.39, 0.29) is 12.5 Å². The van der Waals surface area contributed by atoms with Gasteiger partial charge in [-0.2, -0.15) is 0 Å². The molecule has 0 aliphatic carbocycles. The molecule has 0 saturated carbocycles. The molecule has 1 amide bonds. The molecule has 0 radical (unpaired) electrons. The average molecular weight is 327 g/mol. The van der Waals surface area contributed by atoms with E-state index in [1.807, 2.05) is 55.5 Å². The highest BCUT2D eigenvalue weighted by atomic mass is 16.5. The van der Waals surface area contributed by atoms with Crippen LogP contribution in [0.5, 0.6) is 11.5 Å². The molecule has 4 nitrogen and oxygen atoms in total. The van der Waals surface area contributed by atoms with Crippen molar-refractivity contribution in [2.75, 3.05) is 18.5 Å². The third-order valence-electron chi connectivity index (χ3n) is 3.88. The molecular formula is C20H25NO3. The zero-order valence-corrected chi connectivity index (χ0v) is 14.5. The van der Waals surface area contributed by atoms with E-state index in [9.17, 15) is 4.79 Å². The Morgan fingerprint density at radius 1 is 0.958 bits per heavy atom. The van der Waals surface area contributed by atoms with E-state index in [0.29, 0.717) is 18.3 Å². The Kier molecular flexibility index (Phi) is 6.67. The molecule has 0 bridgehead atoms. The molecular weight excluding hydrogens is 302 g/mol. The SMILES string of the molecule is CCOc1ccc(NC(=O)COc2ccc([C@@H](C)CC)cc2)cc1. The Balaban J connectivity index is 1.82. The molecule has 2 rings (SSSR count). The molecule has 1 N–H and O–H groups in total. The van der Waals surface area contributed by atoms with E-state index in [1.54, 1.807) is 0 Å². The molecule has 0 aromatic heterocycles. The summed E-state index contributed by atoms with van der Waals surface area (Å²) in [7, 11) is 0. The fourth-order valence-corrected chi connectivity index (χ4v) is 2.28. The molecule has 0 saturated heterocycles. The van der Waals surface area contributed by atoms with Crippen LogP contribution in [0, 0.1) is 0 Å². The van der Waals surface area contributed by atoms with Gasteiger partial charge in [-0.15, -0.1) is 0 Å². The van der Waals surface area contributed by atoms with Gasteiger partial charge in [0.15, 0.2) is 6.61 Å². The van der Waals surface area contributed by atoms with E-state index < -0.39 is 0 Å². The lowest BCUT2D eigenvalue weighted by Crippen LogP contribution is -2.20. The largest absolute Gasteiger partial charge is 0.494 e. The van der Waals surface area contributed by atoms with Gasteiger partial charge in [-0.1, -0.05) is 26.0 Å². The summed E-state index contributed by atoms with van der Waals surface area (Å²) in [4.78, 5) is 12.0. The van der Waals surface area contributed by atoms with Gasteiger partial charge in [0.2, 0.25) is 0 Å². The first-order valence-corrected chi connectivity index (χ1v) is 8.37. The summed E-state index contributed by atoms with van der Waals surface area (Å²) in [6.07, 6.45) is 1.10. The van der Waals surface area contributed by atoms with Crippen LogP contribution < -0.4 is 14.8 Å². The van der Waals surface area contributed by atoms with E-state index in [0.717, 1.165) is 17.9 Å². The first-order valence-electron chi connectivity index (χ1n) is 8.37. The van der Waals surface area contributed by atoms with Crippen molar-refractivity contribution in [3.8, 4) is 11.5 Å². The van der Waals surface area contributed by atoms with Crippen LogP contribution in [0.25, 0.3) is 0 Å². The van der Waals surface area contributed by atoms with Crippen molar-refractivity contribution in [1.82, 2.24) is 0 Å². The molecule has 2 aromatic rings. The average Bonchev–Trinajstić information content (AvgIpc) is 2.61. The number of benzene rings is 2. The summed E-state index contributed by atoms with van der Waals surface area (Å²) in [6, 6.07) is 15.2. The van der Waals surface area contributed by atoms with Crippen molar-refractivity contribution in [3.63, 3.8) is 0 Å². The zero-order valence-electron chi connectivity index (χ0n) is 14.5. The molecule has 0 aliphatic rings. The molecule has 0 heterocycles. The van der Waals surface area contributed by atoms with Crippen LogP contribution in [0.15, 0.2) is 48.5 Å². The number of rotatable bonds is 8. The number of nitrogens with one attached hydrogen (secondary N) is 1. The summed E-state index contributed by atoms with van der Waals surface area (Å²) in [5.41, 5.74) is 2.00. The summed E-state index contributed by atoms with van der Waals surface area (Å²) in [6.45, 7) is 6.90. The second-order valence-electron chi connectivity index (χ2n) is 5.67. The van der Waals surface area contributed by atoms with Gasteiger partial charge in [0.05, 0.1) is 6.61 Å². The van der Waals surface area contributed by atoms with Crippen LogP contribution in [-0.2, 0) is 4.79 Å². The Labute approximate surface area is 143 Å². The van der Waals surface area contributed by atoms with E-state index in [1.165, 1.54) is 5.56 Å². The fourth-order valence-electron chi connectivity index (χ4n) is 2.28. The fraction of sp³-hybridized carbons (Fsp3) is 0.350. The molecule has 0 aliphatic heterocycles. The minimum Gasteiger partial charge on any atom is -0.494 e. The molecule has 2 aromatic carbocycles. The third kappa shape index (κ3) is 5.30. The number of amides is 1. The standard InChI is InChI=1S/C20H25NO3/c1-4-15(3)16-6-10-19(11-7-16)24-14-20(22)21-17-8-12-18(13-9-17)23-5-2/h6-13,15H,4-5,14H2,1-3H3,(H,21,22)/t15-/m0/s1. The molecule has 4 heteroatoms. The van der Waals surface area contributed by atoms with Gasteiger partial charge in [0.25, 0.3) is 5.91 Å². The highest BCUT2D eigenvalue weighted by Crippen LogP contribution is 2.21. The van der Waals surface area contributed by atoms with Crippen LogP contribution >= 0.6 is 0 Å². The Hall–Kier alpha value is -2.49. The van der Waals surface area contributed by atoms with Crippen LogP contribution in [0.1, 0.15) is 38.7 Å².